The van der Waals surface area contributed by atoms with E-state index in [0.717, 1.165) is 23.4 Å². The van der Waals surface area contributed by atoms with Gasteiger partial charge >= 0.3 is 0 Å². The number of carbonyl (C=O) groups is 1. The number of nitrogens with one attached hydrogen (secondary N) is 1. The van der Waals surface area contributed by atoms with Crippen molar-refractivity contribution in [2.45, 2.75) is 26.3 Å². The fraction of sp³-hybridized carbons (Fsp3) is 0.190. The van der Waals surface area contributed by atoms with Crippen LogP contribution >= 0.6 is 0 Å². The molecular formula is C21H20N4O. The Kier molecular flexibility index (Phi) is 4.13. The van der Waals surface area contributed by atoms with Crippen molar-refractivity contribution >= 4 is 23.1 Å². The van der Waals surface area contributed by atoms with Gasteiger partial charge in [-0.25, -0.2) is 9.97 Å². The number of fused-ring (bicyclic) bond motifs is 2. The molecule has 5 nitrogen and oxygen atoms in total. The zero-order valence-electron chi connectivity index (χ0n) is 14.8. The van der Waals surface area contributed by atoms with E-state index in [9.17, 15) is 4.79 Å². The fourth-order valence-corrected chi connectivity index (χ4v) is 3.14. The number of benzene rings is 2. The summed E-state index contributed by atoms with van der Waals surface area (Å²) in [6.45, 7) is 4.13. The Morgan fingerprint density at radius 2 is 1.81 bits per heavy atom. The topological polar surface area (TPSA) is 58.1 Å². The first-order valence-corrected chi connectivity index (χ1v) is 8.81. The Hall–Kier alpha value is -3.21. The predicted octanol–water partition coefficient (Wildman–Crippen LogP) is 4.65. The highest BCUT2D eigenvalue weighted by molar-refractivity contribution is 6.13. The molecule has 1 aliphatic rings. The van der Waals surface area contributed by atoms with Gasteiger partial charge in [0.05, 0.1) is 11.4 Å². The maximum Gasteiger partial charge on any atom is 0.263 e. The van der Waals surface area contributed by atoms with Crippen molar-refractivity contribution in [2.24, 2.45) is 0 Å². The normalized spacial score (nSPS) is 14.1. The monoisotopic (exact) mass is 344 g/mol. The molecule has 0 bridgehead atoms. The van der Waals surface area contributed by atoms with Gasteiger partial charge < -0.3 is 10.2 Å². The van der Waals surface area contributed by atoms with E-state index >= 15 is 0 Å². The minimum absolute atomic E-state index is 0.0743. The quantitative estimate of drug-likeness (QED) is 0.751. The van der Waals surface area contributed by atoms with Gasteiger partial charge in [0, 0.05) is 17.8 Å². The molecule has 0 spiro atoms. The Morgan fingerprint density at radius 3 is 2.58 bits per heavy atom. The molecule has 0 fully saturated rings. The number of rotatable bonds is 3. The van der Waals surface area contributed by atoms with Crippen LogP contribution in [-0.2, 0) is 0 Å². The Morgan fingerprint density at radius 1 is 1.08 bits per heavy atom. The minimum atomic E-state index is -0.0774. The molecule has 0 saturated heterocycles. The Labute approximate surface area is 152 Å². The molecule has 2 aromatic carbocycles. The number of anilines is 3. The second-order valence-corrected chi connectivity index (χ2v) is 6.40. The number of para-hydroxylation sites is 2. The number of amides is 1. The van der Waals surface area contributed by atoms with E-state index in [0.29, 0.717) is 17.2 Å². The molecule has 1 aliphatic heterocycles. The summed E-state index contributed by atoms with van der Waals surface area (Å²) in [4.78, 5) is 24.2. The zero-order valence-corrected chi connectivity index (χ0v) is 14.8. The Bertz CT molecular complexity index is 955. The van der Waals surface area contributed by atoms with Gasteiger partial charge in [-0.3, -0.25) is 4.79 Å². The third-order valence-electron chi connectivity index (χ3n) is 4.72. The largest absolute Gasteiger partial charge is 0.338 e. The molecule has 1 amide bonds. The van der Waals surface area contributed by atoms with Crippen LogP contribution in [0.15, 0.2) is 60.8 Å². The average Bonchev–Trinajstić information content (AvgIpc) is 2.81. The highest BCUT2D eigenvalue weighted by atomic mass is 16.2. The molecule has 5 heteroatoms. The molecule has 130 valence electrons. The third kappa shape index (κ3) is 2.71. The van der Waals surface area contributed by atoms with Crippen molar-refractivity contribution in [3.63, 3.8) is 0 Å². The van der Waals surface area contributed by atoms with Gasteiger partial charge in [-0.2, -0.15) is 0 Å². The van der Waals surface area contributed by atoms with E-state index in [-0.39, 0.29) is 11.9 Å². The maximum atomic E-state index is 13.3. The van der Waals surface area contributed by atoms with Crippen LogP contribution in [0.3, 0.4) is 0 Å². The zero-order chi connectivity index (χ0) is 18.1. The second kappa shape index (κ2) is 6.59. The van der Waals surface area contributed by atoms with Crippen molar-refractivity contribution in [1.82, 2.24) is 9.97 Å². The minimum Gasteiger partial charge on any atom is -0.338 e. The van der Waals surface area contributed by atoms with Gasteiger partial charge in [0.2, 0.25) is 0 Å². The summed E-state index contributed by atoms with van der Waals surface area (Å²) < 4.78 is 0. The lowest BCUT2D eigenvalue weighted by Crippen LogP contribution is -2.38. The molecule has 0 saturated carbocycles. The summed E-state index contributed by atoms with van der Waals surface area (Å²) in [6.07, 6.45) is 2.49. The lowest BCUT2D eigenvalue weighted by atomic mass is 10.1. The predicted molar refractivity (Wildman–Crippen MR) is 104 cm³/mol. The van der Waals surface area contributed by atoms with Crippen molar-refractivity contribution in [3.8, 4) is 11.4 Å². The maximum absolute atomic E-state index is 13.3. The van der Waals surface area contributed by atoms with E-state index in [2.05, 4.69) is 29.1 Å². The van der Waals surface area contributed by atoms with E-state index in [4.69, 9.17) is 0 Å². The highest BCUT2D eigenvalue weighted by Crippen LogP contribution is 2.36. The van der Waals surface area contributed by atoms with Gasteiger partial charge in [0.15, 0.2) is 5.82 Å². The number of nitrogens with zero attached hydrogens (tertiary/aromatic N) is 3. The van der Waals surface area contributed by atoms with Gasteiger partial charge in [0.1, 0.15) is 11.4 Å². The number of hydrogen-bond donors (Lipinski definition) is 1. The fourth-order valence-electron chi connectivity index (χ4n) is 3.14. The summed E-state index contributed by atoms with van der Waals surface area (Å²) in [6, 6.07) is 17.7. The van der Waals surface area contributed by atoms with Crippen molar-refractivity contribution in [3.05, 3.63) is 66.4 Å². The van der Waals surface area contributed by atoms with Crippen molar-refractivity contribution < 1.29 is 4.79 Å². The van der Waals surface area contributed by atoms with E-state index < -0.39 is 0 Å². The first kappa shape index (κ1) is 16.3. The molecule has 1 unspecified atom stereocenters. The van der Waals surface area contributed by atoms with Gasteiger partial charge in [-0.05, 0) is 25.5 Å². The third-order valence-corrected chi connectivity index (χ3v) is 4.72. The molecular weight excluding hydrogens is 324 g/mol. The lowest BCUT2D eigenvalue weighted by molar-refractivity contribution is 0.0979. The summed E-state index contributed by atoms with van der Waals surface area (Å²) in [5.41, 5.74) is 3.14. The summed E-state index contributed by atoms with van der Waals surface area (Å²) in [7, 11) is 0. The molecule has 26 heavy (non-hydrogen) atoms. The van der Waals surface area contributed by atoms with E-state index in [1.165, 1.54) is 0 Å². The SMILES string of the molecule is CCC(C)N1C(=O)c2cnc(-c3ccccc3)nc2Nc2ccccc21. The Balaban J connectivity index is 1.87. The van der Waals surface area contributed by atoms with E-state index in [1.807, 2.05) is 59.5 Å². The van der Waals surface area contributed by atoms with Crippen LogP contribution in [0.25, 0.3) is 11.4 Å². The first-order chi connectivity index (χ1) is 12.7. The van der Waals surface area contributed by atoms with Gasteiger partial charge in [-0.1, -0.05) is 49.4 Å². The lowest BCUT2D eigenvalue weighted by Gasteiger charge is -2.28. The highest BCUT2D eigenvalue weighted by Gasteiger charge is 2.30. The van der Waals surface area contributed by atoms with Crippen LogP contribution in [0, 0.1) is 0 Å². The molecule has 3 aromatic rings. The van der Waals surface area contributed by atoms with Crippen LogP contribution in [0.5, 0.6) is 0 Å². The second-order valence-electron chi connectivity index (χ2n) is 6.40. The smallest absolute Gasteiger partial charge is 0.263 e. The van der Waals surface area contributed by atoms with Crippen LogP contribution in [-0.4, -0.2) is 21.9 Å². The summed E-state index contributed by atoms with van der Waals surface area (Å²) >= 11 is 0. The van der Waals surface area contributed by atoms with Crippen LogP contribution in [0.2, 0.25) is 0 Å². The number of carbonyl (C=O) groups excluding carboxylic acids is 1. The van der Waals surface area contributed by atoms with Crippen LogP contribution < -0.4 is 10.2 Å². The molecule has 0 aliphatic carbocycles. The molecule has 2 heterocycles. The van der Waals surface area contributed by atoms with Crippen LogP contribution in [0.1, 0.15) is 30.6 Å². The average molecular weight is 344 g/mol. The standard InChI is InChI=1S/C21H20N4O/c1-3-14(2)25-18-12-8-7-11-17(18)23-20-16(21(25)26)13-22-19(24-20)15-9-5-4-6-10-15/h4-14H,3H2,1-2H3,(H,22,23,24). The van der Waals surface area contributed by atoms with E-state index in [1.54, 1.807) is 6.20 Å². The summed E-state index contributed by atoms with van der Waals surface area (Å²) in [5, 5.41) is 3.34. The molecule has 4 rings (SSSR count). The molecule has 1 N–H and O–H groups in total. The first-order valence-electron chi connectivity index (χ1n) is 8.81. The summed E-state index contributed by atoms with van der Waals surface area (Å²) in [5.74, 6) is 1.06. The number of hydrogen-bond acceptors (Lipinski definition) is 4. The molecule has 1 aromatic heterocycles. The van der Waals surface area contributed by atoms with Crippen LogP contribution in [0.4, 0.5) is 17.2 Å². The van der Waals surface area contributed by atoms with Gasteiger partial charge in [-0.15, -0.1) is 0 Å². The van der Waals surface area contributed by atoms with Gasteiger partial charge in [0.25, 0.3) is 5.91 Å². The molecule has 0 radical (unpaired) electrons. The number of aromatic nitrogens is 2. The van der Waals surface area contributed by atoms with Crippen molar-refractivity contribution in [1.29, 1.82) is 0 Å². The molecule has 1 atom stereocenters. The van der Waals surface area contributed by atoms with Crippen molar-refractivity contribution in [2.75, 3.05) is 10.2 Å².